The first kappa shape index (κ1) is 21.8. The summed E-state index contributed by atoms with van der Waals surface area (Å²) in [6, 6.07) is 10.4. The normalized spacial score (nSPS) is 15.0. The van der Waals surface area contributed by atoms with E-state index in [0.29, 0.717) is 38.2 Å². The number of benzene rings is 1. The van der Waals surface area contributed by atoms with Gasteiger partial charge in [-0.3, -0.25) is 9.59 Å². The standard InChI is InChI=1S/C20H26N4O5S/c1-29-18-6-4-17(5-7-18)23-10-12-24(13-11-23)30(27,28)14-2-9-21-20(26)16-3-8-19(25)22-15-16/h3-8,15H,2,9-14H2,1H3,(H,21,26)(H,22,25). The zero-order valence-electron chi connectivity index (χ0n) is 16.8. The molecule has 0 atom stereocenters. The van der Waals surface area contributed by atoms with Gasteiger partial charge in [0.05, 0.1) is 18.4 Å². The van der Waals surface area contributed by atoms with Crippen LogP contribution in [0.15, 0.2) is 47.4 Å². The first-order valence-corrected chi connectivity index (χ1v) is 11.3. The summed E-state index contributed by atoms with van der Waals surface area (Å²) in [4.78, 5) is 27.6. The van der Waals surface area contributed by atoms with Crippen molar-refractivity contribution in [1.29, 1.82) is 0 Å². The number of aromatic amines is 1. The number of H-pyrrole nitrogens is 1. The molecule has 1 aromatic carbocycles. The minimum atomic E-state index is -3.38. The number of nitrogens with one attached hydrogen (secondary N) is 2. The summed E-state index contributed by atoms with van der Waals surface area (Å²) in [5.41, 5.74) is 1.08. The zero-order chi connectivity index (χ0) is 21.6. The van der Waals surface area contributed by atoms with Gasteiger partial charge in [0.15, 0.2) is 0 Å². The lowest BCUT2D eigenvalue weighted by molar-refractivity contribution is 0.0953. The van der Waals surface area contributed by atoms with Crippen LogP contribution in [-0.2, 0) is 10.0 Å². The molecule has 2 aromatic rings. The summed E-state index contributed by atoms with van der Waals surface area (Å²) in [5, 5.41) is 2.67. The van der Waals surface area contributed by atoms with Crippen molar-refractivity contribution in [3.63, 3.8) is 0 Å². The Morgan fingerprint density at radius 2 is 1.80 bits per heavy atom. The summed E-state index contributed by atoms with van der Waals surface area (Å²) in [7, 11) is -1.76. The fourth-order valence-corrected chi connectivity index (χ4v) is 4.74. The van der Waals surface area contributed by atoms with Crippen molar-refractivity contribution >= 4 is 21.6 Å². The van der Waals surface area contributed by atoms with Crippen LogP contribution in [0.2, 0.25) is 0 Å². The van der Waals surface area contributed by atoms with E-state index in [9.17, 15) is 18.0 Å². The number of amides is 1. The lowest BCUT2D eigenvalue weighted by Crippen LogP contribution is -2.49. The molecular formula is C20H26N4O5S. The van der Waals surface area contributed by atoms with Crippen LogP contribution in [0.3, 0.4) is 0 Å². The average molecular weight is 435 g/mol. The molecule has 1 amide bonds. The molecule has 0 spiro atoms. The number of carbonyl (C=O) groups is 1. The molecule has 0 saturated carbocycles. The van der Waals surface area contributed by atoms with Crippen LogP contribution >= 0.6 is 0 Å². The highest BCUT2D eigenvalue weighted by Gasteiger charge is 2.26. The molecule has 1 aromatic heterocycles. The van der Waals surface area contributed by atoms with E-state index >= 15 is 0 Å². The smallest absolute Gasteiger partial charge is 0.252 e. The van der Waals surface area contributed by atoms with Crippen LogP contribution in [0.5, 0.6) is 5.75 Å². The van der Waals surface area contributed by atoms with Crippen LogP contribution in [-0.4, -0.2) is 69.2 Å². The maximum absolute atomic E-state index is 12.6. The van der Waals surface area contributed by atoms with Gasteiger partial charge in [0, 0.05) is 50.7 Å². The maximum Gasteiger partial charge on any atom is 0.252 e. The number of anilines is 1. The minimum Gasteiger partial charge on any atom is -0.497 e. The Hall–Kier alpha value is -2.85. The van der Waals surface area contributed by atoms with E-state index in [2.05, 4.69) is 15.2 Å². The van der Waals surface area contributed by atoms with E-state index in [4.69, 9.17) is 4.74 Å². The van der Waals surface area contributed by atoms with Gasteiger partial charge in [-0.15, -0.1) is 0 Å². The van der Waals surface area contributed by atoms with E-state index in [1.807, 2.05) is 24.3 Å². The van der Waals surface area contributed by atoms with Crippen molar-refractivity contribution in [2.75, 3.05) is 50.5 Å². The second kappa shape index (κ2) is 9.77. The summed E-state index contributed by atoms with van der Waals surface area (Å²) in [5.74, 6) is 0.408. The SMILES string of the molecule is COc1ccc(N2CCN(S(=O)(=O)CCCNC(=O)c3ccc(=O)[nH]c3)CC2)cc1. The molecule has 0 unspecified atom stereocenters. The molecule has 0 radical (unpaired) electrons. The van der Waals surface area contributed by atoms with Crippen LogP contribution in [0, 0.1) is 0 Å². The fourth-order valence-electron chi connectivity index (χ4n) is 3.26. The second-order valence-electron chi connectivity index (χ2n) is 6.95. The van der Waals surface area contributed by atoms with Gasteiger partial charge in [-0.1, -0.05) is 0 Å². The monoisotopic (exact) mass is 434 g/mol. The number of hydrogen-bond acceptors (Lipinski definition) is 6. The molecule has 3 rings (SSSR count). The maximum atomic E-state index is 12.6. The van der Waals surface area contributed by atoms with Gasteiger partial charge < -0.3 is 19.9 Å². The highest BCUT2D eigenvalue weighted by Crippen LogP contribution is 2.21. The molecule has 2 N–H and O–H groups in total. The Kier molecular flexibility index (Phi) is 7.11. The third-order valence-corrected chi connectivity index (χ3v) is 6.94. The first-order chi connectivity index (χ1) is 14.4. The largest absolute Gasteiger partial charge is 0.497 e. The van der Waals surface area contributed by atoms with Crippen LogP contribution in [0.1, 0.15) is 16.8 Å². The molecule has 9 nitrogen and oxygen atoms in total. The molecule has 0 bridgehead atoms. The number of carbonyl (C=O) groups excluding carboxylic acids is 1. The number of rotatable bonds is 8. The molecule has 30 heavy (non-hydrogen) atoms. The van der Waals surface area contributed by atoms with E-state index in [1.165, 1.54) is 22.6 Å². The summed E-state index contributed by atoms with van der Waals surface area (Å²) in [6.45, 7) is 2.34. The van der Waals surface area contributed by atoms with E-state index < -0.39 is 10.0 Å². The van der Waals surface area contributed by atoms with Crippen molar-refractivity contribution in [2.24, 2.45) is 0 Å². The number of piperazine rings is 1. The number of hydrogen-bond donors (Lipinski definition) is 2. The lowest BCUT2D eigenvalue weighted by atomic mass is 10.2. The van der Waals surface area contributed by atoms with Gasteiger partial charge >= 0.3 is 0 Å². The Morgan fingerprint density at radius 3 is 2.40 bits per heavy atom. The van der Waals surface area contributed by atoms with E-state index in [-0.39, 0.29) is 23.8 Å². The topological polar surface area (TPSA) is 112 Å². The molecule has 1 saturated heterocycles. The number of methoxy groups -OCH3 is 1. The lowest BCUT2D eigenvalue weighted by Gasteiger charge is -2.35. The quantitative estimate of drug-likeness (QED) is 0.590. The number of sulfonamides is 1. The predicted octanol–water partition coefficient (Wildman–Crippen LogP) is 0.655. The predicted molar refractivity (Wildman–Crippen MR) is 115 cm³/mol. The van der Waals surface area contributed by atoms with Crippen LogP contribution < -0.4 is 20.5 Å². The summed E-state index contributed by atoms with van der Waals surface area (Å²) < 4.78 is 31.9. The van der Waals surface area contributed by atoms with Gasteiger partial charge in [0.25, 0.3) is 5.91 Å². The van der Waals surface area contributed by atoms with Crippen molar-refractivity contribution < 1.29 is 17.9 Å². The molecule has 10 heteroatoms. The van der Waals surface area contributed by atoms with Crippen LogP contribution in [0.25, 0.3) is 0 Å². The average Bonchev–Trinajstić information content (AvgIpc) is 2.77. The molecule has 162 valence electrons. The van der Waals surface area contributed by atoms with Crippen molar-refractivity contribution in [3.8, 4) is 5.75 Å². The number of pyridine rings is 1. The molecule has 0 aliphatic carbocycles. The Balaban J connectivity index is 1.43. The van der Waals surface area contributed by atoms with Crippen LogP contribution in [0.4, 0.5) is 5.69 Å². The Bertz CT molecular complexity index is 992. The number of ether oxygens (including phenoxy) is 1. The molecule has 2 heterocycles. The van der Waals surface area contributed by atoms with Gasteiger partial charge in [-0.25, -0.2) is 8.42 Å². The molecule has 1 aliphatic rings. The van der Waals surface area contributed by atoms with Gasteiger partial charge in [-0.05, 0) is 36.8 Å². The zero-order valence-corrected chi connectivity index (χ0v) is 17.7. The van der Waals surface area contributed by atoms with Crippen molar-refractivity contribution in [2.45, 2.75) is 6.42 Å². The molecule has 1 aliphatic heterocycles. The highest BCUT2D eigenvalue weighted by molar-refractivity contribution is 7.89. The third kappa shape index (κ3) is 5.61. The summed E-state index contributed by atoms with van der Waals surface area (Å²) in [6.07, 6.45) is 1.65. The molecular weight excluding hydrogens is 408 g/mol. The highest BCUT2D eigenvalue weighted by atomic mass is 32.2. The Morgan fingerprint density at radius 1 is 1.10 bits per heavy atom. The summed E-state index contributed by atoms with van der Waals surface area (Å²) >= 11 is 0. The van der Waals surface area contributed by atoms with Gasteiger partial charge in [-0.2, -0.15) is 4.31 Å². The van der Waals surface area contributed by atoms with E-state index in [1.54, 1.807) is 7.11 Å². The van der Waals surface area contributed by atoms with Crippen molar-refractivity contribution in [3.05, 3.63) is 58.5 Å². The van der Waals surface area contributed by atoms with Gasteiger partial charge in [0.2, 0.25) is 15.6 Å². The Labute approximate surface area is 175 Å². The fraction of sp³-hybridized carbons (Fsp3) is 0.400. The number of nitrogens with zero attached hydrogens (tertiary/aromatic N) is 2. The van der Waals surface area contributed by atoms with Crippen molar-refractivity contribution in [1.82, 2.24) is 14.6 Å². The first-order valence-electron chi connectivity index (χ1n) is 9.73. The second-order valence-corrected chi connectivity index (χ2v) is 9.04. The number of aromatic nitrogens is 1. The minimum absolute atomic E-state index is 0.0264. The van der Waals surface area contributed by atoms with Gasteiger partial charge in [0.1, 0.15) is 5.75 Å². The third-order valence-electron chi connectivity index (χ3n) is 4.98. The van der Waals surface area contributed by atoms with E-state index in [0.717, 1.165) is 11.4 Å². The molecule has 1 fully saturated rings.